The van der Waals surface area contributed by atoms with Crippen molar-refractivity contribution in [1.82, 2.24) is 10.2 Å². The first kappa shape index (κ1) is 16.9. The van der Waals surface area contributed by atoms with Gasteiger partial charge in [-0.3, -0.25) is 0 Å². The Labute approximate surface area is 119 Å². The Bertz CT molecular complexity index is 235. The minimum atomic E-state index is 0.313. The standard InChI is InChI=1S/C16H34N2O/c1-4-17-13-16(9-6-8-15(3)12-16)14-18(5-2)10-7-11-19/h15,17,19H,4-14H2,1-3H3. The SMILES string of the molecule is CCNCC1(CN(CC)CCCO)CCCC(C)C1. The highest BCUT2D eigenvalue weighted by atomic mass is 16.3. The molecule has 1 aliphatic rings. The van der Waals surface area contributed by atoms with Crippen LogP contribution in [0.1, 0.15) is 52.9 Å². The van der Waals surface area contributed by atoms with Crippen LogP contribution in [-0.2, 0) is 0 Å². The molecule has 19 heavy (non-hydrogen) atoms. The summed E-state index contributed by atoms with van der Waals surface area (Å²) in [5, 5.41) is 12.6. The molecule has 0 aromatic rings. The third-order valence-corrected chi connectivity index (χ3v) is 4.57. The van der Waals surface area contributed by atoms with Crippen LogP contribution in [0.5, 0.6) is 0 Å². The summed E-state index contributed by atoms with van der Waals surface area (Å²) in [5.41, 5.74) is 0.457. The summed E-state index contributed by atoms with van der Waals surface area (Å²) in [6.07, 6.45) is 6.40. The molecule has 3 nitrogen and oxygen atoms in total. The smallest absolute Gasteiger partial charge is 0.0443 e. The minimum absolute atomic E-state index is 0.313. The molecule has 114 valence electrons. The zero-order valence-electron chi connectivity index (χ0n) is 13.2. The molecule has 0 amide bonds. The van der Waals surface area contributed by atoms with Crippen molar-refractivity contribution in [3.05, 3.63) is 0 Å². The van der Waals surface area contributed by atoms with Gasteiger partial charge in [0.05, 0.1) is 0 Å². The minimum Gasteiger partial charge on any atom is -0.396 e. The Morgan fingerprint density at radius 3 is 2.74 bits per heavy atom. The Balaban J connectivity index is 2.60. The Hall–Kier alpha value is -0.120. The van der Waals surface area contributed by atoms with Crippen molar-refractivity contribution in [3.63, 3.8) is 0 Å². The molecule has 1 aliphatic carbocycles. The van der Waals surface area contributed by atoms with Gasteiger partial charge in [0.15, 0.2) is 0 Å². The fraction of sp³-hybridized carbons (Fsp3) is 1.00. The fourth-order valence-corrected chi connectivity index (χ4v) is 3.64. The van der Waals surface area contributed by atoms with Crippen LogP contribution < -0.4 is 5.32 Å². The number of rotatable bonds is 9. The number of hydrogen-bond donors (Lipinski definition) is 2. The molecule has 0 saturated heterocycles. The van der Waals surface area contributed by atoms with Crippen LogP contribution >= 0.6 is 0 Å². The summed E-state index contributed by atoms with van der Waals surface area (Å²) in [7, 11) is 0. The average molecular weight is 270 g/mol. The third kappa shape index (κ3) is 5.80. The lowest BCUT2D eigenvalue weighted by Gasteiger charge is -2.43. The predicted octanol–water partition coefficient (Wildman–Crippen LogP) is 2.50. The second-order valence-electron chi connectivity index (χ2n) is 6.43. The summed E-state index contributed by atoms with van der Waals surface area (Å²) < 4.78 is 0. The second kappa shape index (κ2) is 8.93. The molecular formula is C16H34N2O. The first-order chi connectivity index (χ1) is 9.15. The number of nitrogens with one attached hydrogen (secondary N) is 1. The van der Waals surface area contributed by atoms with Crippen molar-refractivity contribution in [1.29, 1.82) is 0 Å². The van der Waals surface area contributed by atoms with Crippen LogP contribution in [0.25, 0.3) is 0 Å². The average Bonchev–Trinajstić information content (AvgIpc) is 2.41. The van der Waals surface area contributed by atoms with E-state index in [1.807, 2.05) is 0 Å². The largest absolute Gasteiger partial charge is 0.396 e. The summed E-state index contributed by atoms with van der Waals surface area (Å²) in [4.78, 5) is 2.53. The van der Waals surface area contributed by atoms with Crippen molar-refractivity contribution in [2.75, 3.05) is 39.3 Å². The summed E-state index contributed by atoms with van der Waals surface area (Å²) in [5.74, 6) is 0.865. The van der Waals surface area contributed by atoms with Gasteiger partial charge >= 0.3 is 0 Å². The van der Waals surface area contributed by atoms with Crippen molar-refractivity contribution in [2.45, 2.75) is 52.9 Å². The molecule has 2 atom stereocenters. The van der Waals surface area contributed by atoms with E-state index < -0.39 is 0 Å². The second-order valence-corrected chi connectivity index (χ2v) is 6.43. The van der Waals surface area contributed by atoms with Gasteiger partial charge < -0.3 is 15.3 Å². The lowest BCUT2D eigenvalue weighted by Crippen LogP contribution is -2.47. The summed E-state index contributed by atoms with van der Waals surface area (Å²) in [6, 6.07) is 0. The Kier molecular flexibility index (Phi) is 7.96. The van der Waals surface area contributed by atoms with E-state index in [1.165, 1.54) is 32.2 Å². The van der Waals surface area contributed by atoms with Gasteiger partial charge in [0, 0.05) is 26.2 Å². The van der Waals surface area contributed by atoms with E-state index in [4.69, 9.17) is 5.11 Å². The topological polar surface area (TPSA) is 35.5 Å². The molecule has 0 radical (unpaired) electrons. The predicted molar refractivity (Wildman–Crippen MR) is 82.4 cm³/mol. The normalized spacial score (nSPS) is 27.9. The first-order valence-corrected chi connectivity index (χ1v) is 8.19. The maximum Gasteiger partial charge on any atom is 0.0443 e. The van der Waals surface area contributed by atoms with Crippen molar-refractivity contribution >= 4 is 0 Å². The number of aliphatic hydroxyl groups excluding tert-OH is 1. The lowest BCUT2D eigenvalue weighted by molar-refractivity contribution is 0.0794. The molecule has 1 saturated carbocycles. The van der Waals surface area contributed by atoms with E-state index >= 15 is 0 Å². The van der Waals surface area contributed by atoms with Crippen LogP contribution in [0.4, 0.5) is 0 Å². The fourth-order valence-electron chi connectivity index (χ4n) is 3.64. The maximum atomic E-state index is 9.03. The lowest BCUT2D eigenvalue weighted by atomic mass is 9.69. The summed E-state index contributed by atoms with van der Waals surface area (Å²) >= 11 is 0. The van der Waals surface area contributed by atoms with Gasteiger partial charge in [-0.2, -0.15) is 0 Å². The Morgan fingerprint density at radius 2 is 2.16 bits per heavy atom. The molecule has 0 heterocycles. The van der Waals surface area contributed by atoms with Crippen molar-refractivity contribution in [3.8, 4) is 0 Å². The highest BCUT2D eigenvalue weighted by molar-refractivity contribution is 4.89. The first-order valence-electron chi connectivity index (χ1n) is 8.19. The highest BCUT2D eigenvalue weighted by Gasteiger charge is 2.35. The van der Waals surface area contributed by atoms with Crippen molar-refractivity contribution < 1.29 is 5.11 Å². The quantitative estimate of drug-likeness (QED) is 0.676. The van der Waals surface area contributed by atoms with Crippen LogP contribution in [0.15, 0.2) is 0 Å². The molecule has 1 rings (SSSR count). The van der Waals surface area contributed by atoms with Gasteiger partial charge in [0.25, 0.3) is 0 Å². The maximum absolute atomic E-state index is 9.03. The summed E-state index contributed by atoms with van der Waals surface area (Å²) in [6.45, 7) is 12.7. The molecule has 2 unspecified atom stereocenters. The third-order valence-electron chi connectivity index (χ3n) is 4.57. The molecule has 0 aromatic carbocycles. The van der Waals surface area contributed by atoms with Gasteiger partial charge in [-0.05, 0) is 43.7 Å². The molecule has 0 spiro atoms. The van der Waals surface area contributed by atoms with Gasteiger partial charge in [-0.1, -0.05) is 33.6 Å². The van der Waals surface area contributed by atoms with E-state index in [1.54, 1.807) is 0 Å². The highest BCUT2D eigenvalue weighted by Crippen LogP contribution is 2.39. The van der Waals surface area contributed by atoms with Crippen LogP contribution in [0.2, 0.25) is 0 Å². The Morgan fingerprint density at radius 1 is 1.37 bits per heavy atom. The molecule has 0 aromatic heterocycles. The molecule has 0 aliphatic heterocycles. The molecule has 1 fully saturated rings. The van der Waals surface area contributed by atoms with E-state index in [2.05, 4.69) is 31.0 Å². The van der Waals surface area contributed by atoms with Crippen molar-refractivity contribution in [2.24, 2.45) is 11.3 Å². The van der Waals surface area contributed by atoms with Crippen LogP contribution in [-0.4, -0.2) is 49.3 Å². The van der Waals surface area contributed by atoms with E-state index in [-0.39, 0.29) is 0 Å². The van der Waals surface area contributed by atoms with Gasteiger partial charge in [0.2, 0.25) is 0 Å². The molecule has 0 bridgehead atoms. The zero-order valence-corrected chi connectivity index (χ0v) is 13.2. The number of nitrogens with zero attached hydrogens (tertiary/aromatic N) is 1. The van der Waals surface area contributed by atoms with E-state index in [9.17, 15) is 0 Å². The number of aliphatic hydroxyl groups is 1. The monoisotopic (exact) mass is 270 g/mol. The van der Waals surface area contributed by atoms with Crippen LogP contribution in [0.3, 0.4) is 0 Å². The van der Waals surface area contributed by atoms with Crippen LogP contribution in [0, 0.1) is 11.3 Å². The van der Waals surface area contributed by atoms with E-state index in [0.29, 0.717) is 12.0 Å². The van der Waals surface area contributed by atoms with Gasteiger partial charge in [-0.25, -0.2) is 0 Å². The number of hydrogen-bond acceptors (Lipinski definition) is 3. The van der Waals surface area contributed by atoms with Gasteiger partial charge in [-0.15, -0.1) is 0 Å². The zero-order chi connectivity index (χ0) is 14.1. The molecular weight excluding hydrogens is 236 g/mol. The van der Waals surface area contributed by atoms with Gasteiger partial charge in [0.1, 0.15) is 0 Å². The molecule has 2 N–H and O–H groups in total. The van der Waals surface area contributed by atoms with E-state index in [0.717, 1.165) is 38.5 Å². The molecule has 3 heteroatoms.